The molecule has 1 aliphatic heterocycles. The monoisotopic (exact) mass is 371 g/mol. The summed E-state index contributed by atoms with van der Waals surface area (Å²) in [6.07, 6.45) is 0. The van der Waals surface area contributed by atoms with Gasteiger partial charge < -0.3 is 10.2 Å². The zero-order chi connectivity index (χ0) is 17.9. The largest absolute Gasteiger partial charge is 0.369 e. The molecule has 0 saturated carbocycles. The molecule has 1 amide bonds. The lowest BCUT2D eigenvalue weighted by molar-refractivity contribution is -0.117. The maximum Gasteiger partial charge on any atom is 0.238 e. The van der Waals surface area contributed by atoms with E-state index in [4.69, 9.17) is 0 Å². The average molecular weight is 371 g/mol. The van der Waals surface area contributed by atoms with Crippen molar-refractivity contribution in [2.75, 3.05) is 42.9 Å². The van der Waals surface area contributed by atoms with Gasteiger partial charge in [-0.05, 0) is 36.4 Å². The summed E-state index contributed by atoms with van der Waals surface area (Å²) >= 11 is 1.14. The lowest BCUT2D eigenvalue weighted by Gasteiger charge is -2.35. The van der Waals surface area contributed by atoms with Crippen molar-refractivity contribution >= 4 is 40.0 Å². The maximum atomic E-state index is 13.0. The lowest BCUT2D eigenvalue weighted by Crippen LogP contribution is -2.48. The molecule has 0 atom stereocenters. The van der Waals surface area contributed by atoms with E-state index in [2.05, 4.69) is 23.9 Å². The number of amides is 1. The Bertz CT molecular complexity index is 905. The van der Waals surface area contributed by atoms with Crippen LogP contribution in [-0.4, -0.2) is 52.3 Å². The summed E-state index contributed by atoms with van der Waals surface area (Å²) in [5, 5.41) is 2.94. The van der Waals surface area contributed by atoms with Crippen molar-refractivity contribution in [3.8, 4) is 0 Å². The molecule has 1 aliphatic rings. The number of anilines is 2. The predicted molar refractivity (Wildman–Crippen MR) is 101 cm³/mol. The number of halogens is 1. The number of nitrogens with one attached hydrogen (secondary N) is 1. The third-order valence-electron chi connectivity index (χ3n) is 4.49. The summed E-state index contributed by atoms with van der Waals surface area (Å²) in [6.45, 7) is 3.53. The van der Waals surface area contributed by atoms with E-state index in [1.165, 1.54) is 12.1 Å². The fourth-order valence-corrected chi connectivity index (χ4v) is 3.67. The highest BCUT2D eigenvalue weighted by molar-refractivity contribution is 7.00. The van der Waals surface area contributed by atoms with Crippen LogP contribution < -0.4 is 10.2 Å². The average Bonchev–Trinajstić information content (AvgIpc) is 3.13. The number of nitrogens with zero attached hydrogens (tertiary/aromatic N) is 4. The topological polar surface area (TPSA) is 61.4 Å². The van der Waals surface area contributed by atoms with Crippen molar-refractivity contribution < 1.29 is 9.18 Å². The third-order valence-corrected chi connectivity index (χ3v) is 5.03. The van der Waals surface area contributed by atoms with Gasteiger partial charge in [0.25, 0.3) is 0 Å². The number of hydrogen-bond donors (Lipinski definition) is 1. The van der Waals surface area contributed by atoms with Crippen LogP contribution in [-0.2, 0) is 4.79 Å². The van der Waals surface area contributed by atoms with Crippen molar-refractivity contribution in [1.82, 2.24) is 13.6 Å². The highest BCUT2D eigenvalue weighted by Crippen LogP contribution is 2.21. The Balaban J connectivity index is 1.32. The molecule has 1 aromatic heterocycles. The molecule has 0 aliphatic carbocycles. The summed E-state index contributed by atoms with van der Waals surface area (Å²) in [4.78, 5) is 16.7. The van der Waals surface area contributed by atoms with E-state index in [0.717, 1.165) is 54.6 Å². The quantitative estimate of drug-likeness (QED) is 0.764. The van der Waals surface area contributed by atoms with Gasteiger partial charge in [0.1, 0.15) is 16.9 Å². The SMILES string of the molecule is O=C(CN1CCN(c2ccc(F)cc2)CC1)Nc1cccc2nsnc12. The molecule has 2 heterocycles. The Morgan fingerprint density at radius 1 is 1.08 bits per heavy atom. The molecule has 0 radical (unpaired) electrons. The van der Waals surface area contributed by atoms with Crippen LogP contribution in [0.2, 0.25) is 0 Å². The molecule has 1 saturated heterocycles. The van der Waals surface area contributed by atoms with Gasteiger partial charge in [-0.25, -0.2) is 4.39 Å². The van der Waals surface area contributed by atoms with Gasteiger partial charge in [-0.3, -0.25) is 9.69 Å². The highest BCUT2D eigenvalue weighted by Gasteiger charge is 2.19. The Morgan fingerprint density at radius 2 is 1.85 bits per heavy atom. The molecule has 0 bridgehead atoms. The summed E-state index contributed by atoms with van der Waals surface area (Å²) in [5.74, 6) is -0.282. The molecule has 1 fully saturated rings. The van der Waals surface area contributed by atoms with Gasteiger partial charge in [0.15, 0.2) is 0 Å². The molecule has 134 valence electrons. The normalized spacial score (nSPS) is 15.3. The summed E-state index contributed by atoms with van der Waals surface area (Å²) in [6, 6.07) is 12.1. The van der Waals surface area contributed by atoms with E-state index in [1.807, 2.05) is 18.2 Å². The van der Waals surface area contributed by atoms with Gasteiger partial charge in [0.2, 0.25) is 5.91 Å². The number of carbonyl (C=O) groups is 1. The summed E-state index contributed by atoms with van der Waals surface area (Å²) in [7, 11) is 0. The smallest absolute Gasteiger partial charge is 0.238 e. The van der Waals surface area contributed by atoms with Crippen LogP contribution in [0.5, 0.6) is 0 Å². The van der Waals surface area contributed by atoms with Crippen LogP contribution in [0.15, 0.2) is 42.5 Å². The van der Waals surface area contributed by atoms with Crippen LogP contribution in [0.25, 0.3) is 11.0 Å². The predicted octanol–water partition coefficient (Wildman–Crippen LogP) is 2.59. The molecule has 0 unspecified atom stereocenters. The zero-order valence-electron chi connectivity index (χ0n) is 14.1. The lowest BCUT2D eigenvalue weighted by atomic mass is 10.2. The number of hydrogen-bond acceptors (Lipinski definition) is 6. The molecule has 3 aromatic rings. The van der Waals surface area contributed by atoms with Crippen molar-refractivity contribution in [1.29, 1.82) is 0 Å². The van der Waals surface area contributed by atoms with E-state index in [9.17, 15) is 9.18 Å². The van der Waals surface area contributed by atoms with Crippen molar-refractivity contribution in [3.05, 3.63) is 48.3 Å². The second-order valence-corrected chi connectivity index (χ2v) is 6.75. The summed E-state index contributed by atoms with van der Waals surface area (Å²) < 4.78 is 21.5. The van der Waals surface area contributed by atoms with E-state index < -0.39 is 0 Å². The molecule has 8 heteroatoms. The Hall–Kier alpha value is -2.58. The molecular weight excluding hydrogens is 353 g/mol. The fraction of sp³-hybridized carbons (Fsp3) is 0.278. The highest BCUT2D eigenvalue weighted by atomic mass is 32.1. The minimum absolute atomic E-state index is 0.0549. The molecule has 6 nitrogen and oxygen atoms in total. The minimum Gasteiger partial charge on any atom is -0.369 e. The number of piperazine rings is 1. The maximum absolute atomic E-state index is 13.0. The van der Waals surface area contributed by atoms with Gasteiger partial charge in [-0.1, -0.05) is 6.07 Å². The number of fused-ring (bicyclic) bond motifs is 1. The van der Waals surface area contributed by atoms with Crippen LogP contribution in [0, 0.1) is 5.82 Å². The van der Waals surface area contributed by atoms with Crippen LogP contribution in [0.3, 0.4) is 0 Å². The summed E-state index contributed by atoms with van der Waals surface area (Å²) in [5.41, 5.74) is 3.23. The van der Waals surface area contributed by atoms with Crippen molar-refractivity contribution in [2.45, 2.75) is 0 Å². The Morgan fingerprint density at radius 3 is 2.62 bits per heavy atom. The van der Waals surface area contributed by atoms with Crippen LogP contribution >= 0.6 is 11.7 Å². The van der Waals surface area contributed by atoms with Gasteiger partial charge in [0, 0.05) is 31.9 Å². The molecule has 1 N–H and O–H groups in total. The first-order valence-electron chi connectivity index (χ1n) is 8.43. The first kappa shape index (κ1) is 16.9. The van der Waals surface area contributed by atoms with E-state index in [0.29, 0.717) is 12.2 Å². The minimum atomic E-state index is -0.227. The molecule has 0 spiro atoms. The Kier molecular flexibility index (Phi) is 4.77. The van der Waals surface area contributed by atoms with Gasteiger partial charge in [-0.15, -0.1) is 0 Å². The zero-order valence-corrected chi connectivity index (χ0v) is 14.9. The first-order chi connectivity index (χ1) is 12.7. The number of aromatic nitrogens is 2. The fourth-order valence-electron chi connectivity index (χ4n) is 3.12. The van der Waals surface area contributed by atoms with E-state index >= 15 is 0 Å². The molecule has 4 rings (SSSR count). The molecule has 2 aromatic carbocycles. The molecule has 26 heavy (non-hydrogen) atoms. The first-order valence-corrected chi connectivity index (χ1v) is 9.16. The number of rotatable bonds is 4. The Labute approximate surface area is 154 Å². The van der Waals surface area contributed by atoms with Crippen molar-refractivity contribution in [3.63, 3.8) is 0 Å². The second-order valence-electron chi connectivity index (χ2n) is 6.23. The van der Waals surface area contributed by atoms with Crippen molar-refractivity contribution in [2.24, 2.45) is 0 Å². The molecular formula is C18H18FN5OS. The van der Waals surface area contributed by atoms with Gasteiger partial charge in [-0.2, -0.15) is 8.75 Å². The standard InChI is InChI=1S/C18H18FN5OS/c19-13-4-6-14(7-5-13)24-10-8-23(9-11-24)12-17(25)20-15-2-1-3-16-18(15)22-26-21-16/h1-7H,8-12H2,(H,20,25). The van der Waals surface area contributed by atoms with Gasteiger partial charge >= 0.3 is 0 Å². The van der Waals surface area contributed by atoms with Crippen LogP contribution in [0.1, 0.15) is 0 Å². The number of carbonyl (C=O) groups excluding carboxylic acids is 1. The van der Waals surface area contributed by atoms with Crippen LogP contribution in [0.4, 0.5) is 15.8 Å². The second kappa shape index (κ2) is 7.35. The third kappa shape index (κ3) is 3.66. The van der Waals surface area contributed by atoms with E-state index in [-0.39, 0.29) is 11.7 Å². The number of benzene rings is 2. The van der Waals surface area contributed by atoms with E-state index in [1.54, 1.807) is 12.1 Å². The van der Waals surface area contributed by atoms with Gasteiger partial charge in [0.05, 0.1) is 24.0 Å².